The van der Waals surface area contributed by atoms with Crippen molar-refractivity contribution in [2.24, 2.45) is 0 Å². The second-order valence-electron chi connectivity index (χ2n) is 7.99. The number of aryl methyl sites for hydroxylation is 1. The Bertz CT molecular complexity index is 1020. The highest BCUT2D eigenvalue weighted by molar-refractivity contribution is 6.31. The number of nitrogens with zero attached hydrogens (tertiary/aromatic N) is 3. The molecule has 5 heteroatoms. The van der Waals surface area contributed by atoms with E-state index < -0.39 is 0 Å². The van der Waals surface area contributed by atoms with E-state index >= 15 is 0 Å². The lowest BCUT2D eigenvalue weighted by atomic mass is 9.92. The van der Waals surface area contributed by atoms with Crippen molar-refractivity contribution in [3.63, 3.8) is 0 Å². The monoisotopic (exact) mass is 419 g/mol. The first kappa shape index (κ1) is 20.5. The molecule has 1 aromatic carbocycles. The van der Waals surface area contributed by atoms with Gasteiger partial charge >= 0.3 is 0 Å². The number of hydrogen-bond acceptors (Lipinski definition) is 3. The molecule has 0 saturated carbocycles. The van der Waals surface area contributed by atoms with E-state index in [1.807, 2.05) is 48.2 Å². The van der Waals surface area contributed by atoms with Crippen LogP contribution in [0.2, 0.25) is 5.02 Å². The lowest BCUT2D eigenvalue weighted by Crippen LogP contribution is -2.40. The molecule has 1 amide bonds. The predicted octanol–water partition coefficient (Wildman–Crippen LogP) is 4.98. The molecule has 0 radical (unpaired) electrons. The zero-order valence-corrected chi connectivity index (χ0v) is 18.0. The van der Waals surface area contributed by atoms with Gasteiger partial charge in [0.1, 0.15) is 0 Å². The Balaban J connectivity index is 1.48. The van der Waals surface area contributed by atoms with Gasteiger partial charge in [-0.05, 0) is 67.6 Å². The summed E-state index contributed by atoms with van der Waals surface area (Å²) in [4.78, 5) is 23.9. The largest absolute Gasteiger partial charge is 0.342 e. The van der Waals surface area contributed by atoms with Gasteiger partial charge in [0.05, 0.1) is 6.42 Å². The summed E-state index contributed by atoms with van der Waals surface area (Å²) in [6.45, 7) is 3.56. The lowest BCUT2D eigenvalue weighted by molar-refractivity contribution is -0.131. The van der Waals surface area contributed by atoms with Gasteiger partial charge in [-0.25, -0.2) is 0 Å². The average molecular weight is 420 g/mol. The number of pyridine rings is 2. The number of amides is 1. The summed E-state index contributed by atoms with van der Waals surface area (Å²) in [5.74, 6) is 0.402. The first-order valence-corrected chi connectivity index (χ1v) is 10.8. The van der Waals surface area contributed by atoms with Crippen LogP contribution in [0.1, 0.15) is 47.0 Å². The molecule has 4 nitrogen and oxygen atoms in total. The van der Waals surface area contributed by atoms with Crippen molar-refractivity contribution in [3.8, 4) is 0 Å². The first-order valence-electron chi connectivity index (χ1n) is 10.5. The fourth-order valence-electron chi connectivity index (χ4n) is 4.16. The number of carbonyl (C=O) groups is 1. The van der Waals surface area contributed by atoms with Gasteiger partial charge in [0.2, 0.25) is 5.91 Å². The van der Waals surface area contributed by atoms with Crippen LogP contribution in [0, 0.1) is 6.92 Å². The van der Waals surface area contributed by atoms with E-state index in [0.717, 1.165) is 53.5 Å². The third kappa shape index (κ3) is 5.06. The summed E-state index contributed by atoms with van der Waals surface area (Å²) >= 11 is 6.36. The minimum Gasteiger partial charge on any atom is -0.342 e. The highest BCUT2D eigenvalue weighted by Crippen LogP contribution is 2.28. The molecule has 0 bridgehead atoms. The van der Waals surface area contributed by atoms with Crippen LogP contribution < -0.4 is 0 Å². The fourth-order valence-corrected chi connectivity index (χ4v) is 4.36. The van der Waals surface area contributed by atoms with Crippen LogP contribution in [0.25, 0.3) is 0 Å². The number of rotatable bonds is 5. The Hall–Kier alpha value is -2.72. The third-order valence-electron chi connectivity index (χ3n) is 5.64. The molecule has 2 aromatic heterocycles. The summed E-state index contributed by atoms with van der Waals surface area (Å²) < 4.78 is 0. The molecule has 1 fully saturated rings. The van der Waals surface area contributed by atoms with Crippen LogP contribution in [0.5, 0.6) is 0 Å². The van der Waals surface area contributed by atoms with Crippen molar-refractivity contribution in [3.05, 3.63) is 94.0 Å². The van der Waals surface area contributed by atoms with Crippen LogP contribution in [-0.2, 0) is 17.6 Å². The first-order chi connectivity index (χ1) is 14.6. The molecule has 3 aromatic rings. The smallest absolute Gasteiger partial charge is 0.228 e. The maximum absolute atomic E-state index is 12.8. The van der Waals surface area contributed by atoms with Crippen molar-refractivity contribution in [2.75, 3.05) is 13.1 Å². The minimum atomic E-state index is 0.141. The molecule has 0 spiro atoms. The zero-order valence-electron chi connectivity index (χ0n) is 17.2. The number of likely N-dealkylation sites (tertiary alicyclic amines) is 1. The maximum Gasteiger partial charge on any atom is 0.228 e. The normalized spacial score (nSPS) is 16.5. The SMILES string of the molecule is Cc1cc(Cc2ccccc2Cl)cc(C2CCCN(C(=O)Cc3ccccn3)C2)n1. The Labute approximate surface area is 182 Å². The quantitative estimate of drug-likeness (QED) is 0.586. The van der Waals surface area contributed by atoms with Crippen molar-refractivity contribution >= 4 is 17.5 Å². The Morgan fingerprint density at radius 1 is 1.17 bits per heavy atom. The lowest BCUT2D eigenvalue weighted by Gasteiger charge is -2.33. The van der Waals surface area contributed by atoms with Gasteiger partial charge in [0.15, 0.2) is 0 Å². The highest BCUT2D eigenvalue weighted by Gasteiger charge is 2.26. The van der Waals surface area contributed by atoms with Gasteiger partial charge in [-0.2, -0.15) is 0 Å². The summed E-state index contributed by atoms with van der Waals surface area (Å²) in [5.41, 5.74) is 5.23. The van der Waals surface area contributed by atoms with Gasteiger partial charge in [-0.3, -0.25) is 14.8 Å². The van der Waals surface area contributed by atoms with Crippen LogP contribution >= 0.6 is 11.6 Å². The Morgan fingerprint density at radius 2 is 2.00 bits per heavy atom. The number of aromatic nitrogens is 2. The number of benzene rings is 1. The molecule has 1 saturated heterocycles. The molecular formula is C25H26ClN3O. The molecule has 154 valence electrons. The van der Waals surface area contributed by atoms with Gasteiger partial charge in [0.25, 0.3) is 0 Å². The van der Waals surface area contributed by atoms with Crippen molar-refractivity contribution < 1.29 is 4.79 Å². The van der Waals surface area contributed by atoms with E-state index in [-0.39, 0.29) is 11.8 Å². The van der Waals surface area contributed by atoms with Crippen molar-refractivity contribution in [1.29, 1.82) is 0 Å². The Kier molecular flexibility index (Phi) is 6.44. The number of halogens is 1. The fraction of sp³-hybridized carbons (Fsp3) is 0.320. The topological polar surface area (TPSA) is 46.1 Å². The van der Waals surface area contributed by atoms with E-state index in [1.54, 1.807) is 6.20 Å². The van der Waals surface area contributed by atoms with Gasteiger partial charge < -0.3 is 4.90 Å². The number of hydrogen-bond donors (Lipinski definition) is 0. The molecule has 0 N–H and O–H groups in total. The predicted molar refractivity (Wildman–Crippen MR) is 120 cm³/mol. The van der Waals surface area contributed by atoms with Crippen LogP contribution in [0.4, 0.5) is 0 Å². The number of carbonyl (C=O) groups excluding carboxylic acids is 1. The second kappa shape index (κ2) is 9.40. The summed E-state index contributed by atoms with van der Waals surface area (Å²) in [6.07, 6.45) is 4.92. The summed E-state index contributed by atoms with van der Waals surface area (Å²) in [6, 6.07) is 18.0. The molecular weight excluding hydrogens is 394 g/mol. The second-order valence-corrected chi connectivity index (χ2v) is 8.39. The van der Waals surface area contributed by atoms with Crippen molar-refractivity contribution in [1.82, 2.24) is 14.9 Å². The van der Waals surface area contributed by atoms with Gasteiger partial charge in [-0.15, -0.1) is 0 Å². The van der Waals surface area contributed by atoms with E-state index in [4.69, 9.17) is 16.6 Å². The van der Waals surface area contributed by atoms with Crippen LogP contribution in [0.15, 0.2) is 60.8 Å². The molecule has 1 unspecified atom stereocenters. The van der Waals surface area contributed by atoms with E-state index in [1.165, 1.54) is 5.56 Å². The molecule has 1 aliphatic rings. The van der Waals surface area contributed by atoms with Crippen LogP contribution in [0.3, 0.4) is 0 Å². The maximum atomic E-state index is 12.8. The van der Waals surface area contributed by atoms with Crippen molar-refractivity contribution in [2.45, 2.75) is 38.5 Å². The van der Waals surface area contributed by atoms with E-state index in [2.05, 4.69) is 23.2 Å². The van der Waals surface area contributed by atoms with E-state index in [9.17, 15) is 4.79 Å². The summed E-state index contributed by atoms with van der Waals surface area (Å²) in [5, 5.41) is 0.789. The molecule has 30 heavy (non-hydrogen) atoms. The van der Waals surface area contributed by atoms with Gasteiger partial charge in [0, 0.05) is 47.3 Å². The zero-order chi connectivity index (χ0) is 20.9. The minimum absolute atomic E-state index is 0.141. The average Bonchev–Trinajstić information content (AvgIpc) is 2.76. The number of piperidine rings is 1. The molecule has 1 aliphatic heterocycles. The molecule has 4 rings (SSSR count). The van der Waals surface area contributed by atoms with Gasteiger partial charge in [-0.1, -0.05) is 35.9 Å². The Morgan fingerprint density at radius 3 is 2.80 bits per heavy atom. The molecule has 1 atom stereocenters. The highest BCUT2D eigenvalue weighted by atomic mass is 35.5. The summed E-state index contributed by atoms with van der Waals surface area (Å²) in [7, 11) is 0. The third-order valence-corrected chi connectivity index (χ3v) is 6.01. The standard InChI is InChI=1S/C25H26ClN3O/c1-18-13-19(14-20-7-2-3-10-23(20)26)15-24(28-18)21-8-6-12-29(17-21)25(30)16-22-9-4-5-11-27-22/h2-5,7,9-11,13,15,21H,6,8,12,14,16-17H2,1H3. The molecule has 0 aliphatic carbocycles. The van der Waals surface area contributed by atoms with E-state index in [0.29, 0.717) is 13.0 Å². The van der Waals surface area contributed by atoms with Crippen LogP contribution in [-0.4, -0.2) is 33.9 Å². The molecule has 3 heterocycles.